The summed E-state index contributed by atoms with van der Waals surface area (Å²) in [5, 5.41) is 0.744. The maximum absolute atomic E-state index is 12.2. The third-order valence-electron chi connectivity index (χ3n) is 4.51. The summed E-state index contributed by atoms with van der Waals surface area (Å²) in [6, 6.07) is 12.3. The van der Waals surface area contributed by atoms with Crippen LogP contribution in [0.5, 0.6) is 11.5 Å². The number of aryl methyl sites for hydroxylation is 1. The second kappa shape index (κ2) is 9.10. The van der Waals surface area contributed by atoms with Gasteiger partial charge >= 0.3 is 11.6 Å². The van der Waals surface area contributed by atoms with Gasteiger partial charge in [-0.1, -0.05) is 19.1 Å². The molecule has 3 rings (SSSR count). The minimum absolute atomic E-state index is 0.0357. The molecule has 3 aromatic rings. The Bertz CT molecular complexity index is 1110. The lowest BCUT2D eigenvalue weighted by atomic mass is 10.1. The molecule has 0 saturated heterocycles. The van der Waals surface area contributed by atoms with Gasteiger partial charge in [-0.2, -0.15) is 0 Å². The van der Waals surface area contributed by atoms with Crippen molar-refractivity contribution in [1.82, 2.24) is 0 Å². The first-order chi connectivity index (χ1) is 14.0. The summed E-state index contributed by atoms with van der Waals surface area (Å²) < 4.78 is 21.1. The van der Waals surface area contributed by atoms with Crippen molar-refractivity contribution in [2.75, 3.05) is 14.2 Å². The van der Waals surface area contributed by atoms with Gasteiger partial charge in [0, 0.05) is 28.7 Å². The molecule has 0 N–H and O–H groups in total. The van der Waals surface area contributed by atoms with Crippen molar-refractivity contribution >= 4 is 23.0 Å². The molecule has 1 heterocycles. The molecule has 0 bridgehead atoms. The van der Waals surface area contributed by atoms with Gasteiger partial charge in [0.1, 0.15) is 23.7 Å². The van der Waals surface area contributed by atoms with Crippen molar-refractivity contribution in [2.24, 2.45) is 0 Å². The quantitative estimate of drug-likeness (QED) is 0.341. The zero-order valence-electron chi connectivity index (χ0n) is 16.6. The fourth-order valence-corrected chi connectivity index (χ4v) is 2.94. The molecule has 150 valence electrons. The number of methoxy groups -OCH3 is 2. The van der Waals surface area contributed by atoms with E-state index in [0.717, 1.165) is 17.4 Å². The second-order valence-electron chi connectivity index (χ2n) is 6.32. The number of carbonyl (C=O) groups excluding carboxylic acids is 1. The molecule has 0 spiro atoms. The predicted octanol–water partition coefficient (Wildman–Crippen LogP) is 4.13. The Morgan fingerprint density at radius 2 is 1.90 bits per heavy atom. The van der Waals surface area contributed by atoms with E-state index < -0.39 is 11.6 Å². The molecule has 0 unspecified atom stereocenters. The summed E-state index contributed by atoms with van der Waals surface area (Å²) in [6.45, 7) is 1.99. The normalized spacial score (nSPS) is 11.0. The van der Waals surface area contributed by atoms with Crippen molar-refractivity contribution in [3.05, 3.63) is 75.7 Å². The Morgan fingerprint density at radius 1 is 1.07 bits per heavy atom. The lowest BCUT2D eigenvalue weighted by molar-refractivity contribution is -0.138. The Kier molecular flexibility index (Phi) is 6.34. The maximum atomic E-state index is 12.2. The van der Waals surface area contributed by atoms with Crippen LogP contribution in [0.4, 0.5) is 0 Å². The number of hydrogen-bond donors (Lipinski definition) is 0. The molecule has 1 aromatic heterocycles. The number of benzene rings is 2. The van der Waals surface area contributed by atoms with E-state index in [9.17, 15) is 9.59 Å². The van der Waals surface area contributed by atoms with Crippen LogP contribution in [-0.2, 0) is 22.6 Å². The highest BCUT2D eigenvalue weighted by atomic mass is 16.5. The van der Waals surface area contributed by atoms with Crippen LogP contribution in [0, 0.1) is 0 Å². The Hall–Kier alpha value is -3.54. The molecule has 0 aliphatic heterocycles. The summed E-state index contributed by atoms with van der Waals surface area (Å²) in [7, 11) is 3.11. The van der Waals surface area contributed by atoms with E-state index in [0.29, 0.717) is 28.2 Å². The van der Waals surface area contributed by atoms with Gasteiger partial charge in [0.2, 0.25) is 0 Å². The van der Waals surface area contributed by atoms with Gasteiger partial charge in [-0.25, -0.2) is 9.59 Å². The van der Waals surface area contributed by atoms with E-state index in [1.165, 1.54) is 12.1 Å². The highest BCUT2D eigenvalue weighted by Crippen LogP contribution is 2.25. The molecule has 29 heavy (non-hydrogen) atoms. The monoisotopic (exact) mass is 394 g/mol. The Labute approximate surface area is 168 Å². The van der Waals surface area contributed by atoms with Gasteiger partial charge in [0.05, 0.1) is 14.2 Å². The molecule has 2 aromatic carbocycles. The van der Waals surface area contributed by atoms with Crippen LogP contribution < -0.4 is 15.1 Å². The fraction of sp³-hybridized carbons (Fsp3) is 0.217. The third kappa shape index (κ3) is 4.85. The predicted molar refractivity (Wildman–Crippen MR) is 110 cm³/mol. The Balaban J connectivity index is 1.76. The van der Waals surface area contributed by atoms with Crippen molar-refractivity contribution in [1.29, 1.82) is 0 Å². The zero-order chi connectivity index (χ0) is 20.8. The van der Waals surface area contributed by atoms with E-state index in [4.69, 9.17) is 18.6 Å². The summed E-state index contributed by atoms with van der Waals surface area (Å²) >= 11 is 0. The van der Waals surface area contributed by atoms with E-state index >= 15 is 0 Å². The molecular formula is C23H22O6. The van der Waals surface area contributed by atoms with Crippen molar-refractivity contribution in [3.8, 4) is 11.5 Å². The smallest absolute Gasteiger partial charge is 0.336 e. The van der Waals surface area contributed by atoms with E-state index in [1.807, 2.05) is 25.1 Å². The Morgan fingerprint density at radius 3 is 2.62 bits per heavy atom. The molecule has 0 aliphatic rings. The highest BCUT2D eigenvalue weighted by molar-refractivity contribution is 5.88. The van der Waals surface area contributed by atoms with E-state index in [-0.39, 0.29) is 6.61 Å². The van der Waals surface area contributed by atoms with Gasteiger partial charge < -0.3 is 18.6 Å². The van der Waals surface area contributed by atoms with Crippen molar-refractivity contribution in [2.45, 2.75) is 20.0 Å². The average Bonchev–Trinajstić information content (AvgIpc) is 2.74. The van der Waals surface area contributed by atoms with Crippen LogP contribution in [0.2, 0.25) is 0 Å². The van der Waals surface area contributed by atoms with Gasteiger partial charge in [0.25, 0.3) is 0 Å². The van der Waals surface area contributed by atoms with Crippen LogP contribution in [0.1, 0.15) is 23.6 Å². The van der Waals surface area contributed by atoms with Crippen LogP contribution >= 0.6 is 0 Å². The maximum Gasteiger partial charge on any atom is 0.336 e. The van der Waals surface area contributed by atoms with E-state index in [2.05, 4.69) is 0 Å². The number of carbonyl (C=O) groups is 1. The first kappa shape index (κ1) is 20.2. The summed E-state index contributed by atoms with van der Waals surface area (Å²) in [6.07, 6.45) is 3.73. The number of ether oxygens (including phenoxy) is 3. The largest absolute Gasteiger partial charge is 0.497 e. The zero-order valence-corrected chi connectivity index (χ0v) is 16.6. The topological polar surface area (TPSA) is 75.0 Å². The molecule has 0 aliphatic carbocycles. The number of esters is 1. The molecular weight excluding hydrogens is 372 g/mol. The lowest BCUT2D eigenvalue weighted by Crippen LogP contribution is -2.06. The average molecular weight is 394 g/mol. The SMILES string of the molecule is CCc1ccc2c(COC(=O)/C=C/c3cc(OC)ccc3OC)cc(=O)oc2c1. The van der Waals surface area contributed by atoms with Gasteiger partial charge in [-0.15, -0.1) is 0 Å². The minimum Gasteiger partial charge on any atom is -0.497 e. The molecule has 0 atom stereocenters. The van der Waals surface area contributed by atoms with Crippen LogP contribution in [0.25, 0.3) is 17.0 Å². The van der Waals surface area contributed by atoms with Crippen molar-refractivity contribution < 1.29 is 23.4 Å². The minimum atomic E-state index is -0.540. The second-order valence-corrected chi connectivity index (χ2v) is 6.32. The first-order valence-corrected chi connectivity index (χ1v) is 9.16. The van der Waals surface area contributed by atoms with Crippen molar-refractivity contribution in [3.63, 3.8) is 0 Å². The third-order valence-corrected chi connectivity index (χ3v) is 4.51. The van der Waals surface area contributed by atoms with Gasteiger partial charge in [0.15, 0.2) is 0 Å². The summed E-state index contributed by atoms with van der Waals surface area (Å²) in [5.74, 6) is 0.711. The van der Waals surface area contributed by atoms with Crippen LogP contribution in [-0.4, -0.2) is 20.2 Å². The number of hydrogen-bond acceptors (Lipinski definition) is 6. The molecule has 0 radical (unpaired) electrons. The standard InChI is InChI=1S/C23H22O6/c1-4-15-5-8-19-17(13-23(25)29-21(19)11-15)14-28-22(24)10-6-16-12-18(26-2)7-9-20(16)27-3/h5-13H,4,14H2,1-3H3/b10-6+. The molecule has 0 saturated carbocycles. The number of rotatable bonds is 7. The van der Waals surface area contributed by atoms with Crippen LogP contribution in [0.15, 0.2) is 57.8 Å². The molecule has 6 heteroatoms. The lowest BCUT2D eigenvalue weighted by Gasteiger charge is -2.08. The van der Waals surface area contributed by atoms with Crippen LogP contribution in [0.3, 0.4) is 0 Å². The highest BCUT2D eigenvalue weighted by Gasteiger charge is 2.09. The molecule has 6 nitrogen and oxygen atoms in total. The molecule has 0 amide bonds. The summed E-state index contributed by atoms with van der Waals surface area (Å²) in [5.41, 5.74) is 2.35. The number of fused-ring (bicyclic) bond motifs is 1. The van der Waals surface area contributed by atoms with Gasteiger partial charge in [-0.3, -0.25) is 0 Å². The fourth-order valence-electron chi connectivity index (χ4n) is 2.94. The molecule has 0 fully saturated rings. The first-order valence-electron chi connectivity index (χ1n) is 9.16. The summed E-state index contributed by atoms with van der Waals surface area (Å²) in [4.78, 5) is 24.0. The van der Waals surface area contributed by atoms with Gasteiger partial charge in [-0.05, 0) is 42.3 Å². The van der Waals surface area contributed by atoms with E-state index in [1.54, 1.807) is 38.5 Å².